The van der Waals surface area contributed by atoms with Gasteiger partial charge >= 0.3 is 12.3 Å². The molecule has 0 spiro atoms. The van der Waals surface area contributed by atoms with Gasteiger partial charge in [-0.15, -0.1) is 22.0 Å². The third-order valence-electron chi connectivity index (χ3n) is 6.40. The highest BCUT2D eigenvalue weighted by atomic mass is 32.2. The SMILES string of the molecule is CC(C)(C)OC(=O)N1CCN(c2ccc(C(=O)NS(=O)(=O)c3ccc(NCCSc4ccccc4)c(C(F)(F)F)c3)nn2)CC1. The van der Waals surface area contributed by atoms with Crippen molar-refractivity contribution >= 4 is 45.3 Å². The van der Waals surface area contributed by atoms with E-state index >= 15 is 0 Å². The van der Waals surface area contributed by atoms with Gasteiger partial charge in [-0.2, -0.15) is 13.2 Å². The highest BCUT2D eigenvalue weighted by Crippen LogP contribution is 2.36. The maximum Gasteiger partial charge on any atom is 0.418 e. The lowest BCUT2D eigenvalue weighted by molar-refractivity contribution is -0.137. The summed E-state index contributed by atoms with van der Waals surface area (Å²) in [6, 6.07) is 14.6. The zero-order valence-electron chi connectivity index (χ0n) is 24.8. The summed E-state index contributed by atoms with van der Waals surface area (Å²) in [6.07, 6.45) is -5.28. The Kier molecular flexibility index (Phi) is 10.5. The number of hydrogen-bond acceptors (Lipinski definition) is 10. The summed E-state index contributed by atoms with van der Waals surface area (Å²) in [5.41, 5.74) is -2.43. The van der Waals surface area contributed by atoms with Crippen molar-refractivity contribution in [1.29, 1.82) is 0 Å². The number of piperazine rings is 1. The van der Waals surface area contributed by atoms with Gasteiger partial charge < -0.3 is 19.9 Å². The van der Waals surface area contributed by atoms with Crippen molar-refractivity contribution in [3.63, 3.8) is 0 Å². The van der Waals surface area contributed by atoms with Crippen molar-refractivity contribution in [3.05, 3.63) is 71.9 Å². The molecule has 1 saturated heterocycles. The molecule has 0 aliphatic carbocycles. The molecule has 0 unspecified atom stereocenters. The van der Waals surface area contributed by atoms with Gasteiger partial charge in [0, 0.05) is 49.1 Å². The summed E-state index contributed by atoms with van der Waals surface area (Å²) >= 11 is 1.46. The Bertz CT molecular complexity index is 1590. The number of aromatic nitrogens is 2. The van der Waals surface area contributed by atoms with Gasteiger partial charge in [0.25, 0.3) is 15.9 Å². The van der Waals surface area contributed by atoms with Crippen LogP contribution in [0.2, 0.25) is 0 Å². The van der Waals surface area contributed by atoms with Crippen LogP contribution >= 0.6 is 11.8 Å². The molecule has 0 radical (unpaired) electrons. The number of carbonyl (C=O) groups is 2. The monoisotopic (exact) mass is 666 g/mol. The second-order valence-electron chi connectivity index (χ2n) is 11.0. The molecule has 1 fully saturated rings. The molecular weight excluding hydrogens is 633 g/mol. The zero-order chi connectivity index (χ0) is 32.8. The number of hydrogen-bond donors (Lipinski definition) is 2. The first-order chi connectivity index (χ1) is 21.1. The normalized spacial score (nSPS) is 14.2. The molecule has 1 aliphatic rings. The summed E-state index contributed by atoms with van der Waals surface area (Å²) in [7, 11) is -4.69. The van der Waals surface area contributed by atoms with Gasteiger partial charge in [0.05, 0.1) is 10.5 Å². The highest BCUT2D eigenvalue weighted by molar-refractivity contribution is 7.99. The molecular formula is C29H33F3N6O5S2. The van der Waals surface area contributed by atoms with Crippen molar-refractivity contribution in [2.24, 2.45) is 0 Å². The van der Waals surface area contributed by atoms with E-state index in [4.69, 9.17) is 4.74 Å². The molecule has 242 valence electrons. The van der Waals surface area contributed by atoms with Crippen LogP contribution in [0.15, 0.2) is 70.5 Å². The third-order valence-corrected chi connectivity index (χ3v) is 8.74. The number of halogens is 3. The van der Waals surface area contributed by atoms with Crippen molar-refractivity contribution < 1.29 is 35.9 Å². The second kappa shape index (κ2) is 13.9. The van der Waals surface area contributed by atoms with Gasteiger partial charge in [-0.25, -0.2) is 17.9 Å². The standard InChI is InChI=1S/C29H33F3N6O5S2/c1-28(2,3)43-27(40)38-16-14-37(15-17-38)25-12-11-24(34-35-25)26(39)36-45(41,42)21-9-10-23(22(19-21)29(30,31)32)33-13-18-44-20-7-5-4-6-8-20/h4-12,19,33H,13-18H2,1-3H3,(H,36,39). The smallest absolute Gasteiger partial charge is 0.418 e. The second-order valence-corrected chi connectivity index (χ2v) is 13.8. The van der Waals surface area contributed by atoms with Crippen LogP contribution < -0.4 is 14.9 Å². The maximum absolute atomic E-state index is 13.9. The minimum atomic E-state index is -4.86. The van der Waals surface area contributed by atoms with Crippen LogP contribution in [0.4, 0.5) is 29.5 Å². The van der Waals surface area contributed by atoms with Crippen molar-refractivity contribution in [2.75, 3.05) is 48.7 Å². The minimum Gasteiger partial charge on any atom is -0.444 e. The van der Waals surface area contributed by atoms with E-state index in [0.717, 1.165) is 17.0 Å². The van der Waals surface area contributed by atoms with E-state index in [9.17, 15) is 31.2 Å². The predicted molar refractivity (Wildman–Crippen MR) is 164 cm³/mol. The number of benzene rings is 2. The lowest BCUT2D eigenvalue weighted by atomic mass is 10.1. The average Bonchev–Trinajstić information content (AvgIpc) is 2.98. The van der Waals surface area contributed by atoms with Gasteiger partial charge in [-0.3, -0.25) is 4.79 Å². The zero-order valence-corrected chi connectivity index (χ0v) is 26.4. The molecule has 0 atom stereocenters. The first kappa shape index (κ1) is 33.8. The van der Waals surface area contributed by atoms with Gasteiger partial charge in [-0.1, -0.05) is 18.2 Å². The quantitative estimate of drug-likeness (QED) is 0.241. The van der Waals surface area contributed by atoms with E-state index in [1.165, 1.54) is 23.9 Å². The van der Waals surface area contributed by atoms with Gasteiger partial charge in [0.1, 0.15) is 5.60 Å². The Morgan fingerprint density at radius 3 is 2.24 bits per heavy atom. The number of amides is 2. The van der Waals surface area contributed by atoms with E-state index in [2.05, 4.69) is 15.5 Å². The van der Waals surface area contributed by atoms with Crippen LogP contribution in [0.25, 0.3) is 0 Å². The minimum absolute atomic E-state index is 0.194. The van der Waals surface area contributed by atoms with E-state index in [1.54, 1.807) is 30.4 Å². The lowest BCUT2D eigenvalue weighted by Crippen LogP contribution is -2.50. The number of ether oxygens (including phenoxy) is 1. The summed E-state index contributed by atoms with van der Waals surface area (Å²) in [4.78, 5) is 28.6. The van der Waals surface area contributed by atoms with Gasteiger partial charge in [0.15, 0.2) is 11.5 Å². The maximum atomic E-state index is 13.9. The van der Waals surface area contributed by atoms with Gasteiger partial charge in [0.2, 0.25) is 0 Å². The first-order valence-corrected chi connectivity index (χ1v) is 16.4. The summed E-state index contributed by atoms with van der Waals surface area (Å²) in [5, 5.41) is 10.5. The summed E-state index contributed by atoms with van der Waals surface area (Å²) in [5.74, 6) is -0.282. The van der Waals surface area contributed by atoms with Gasteiger partial charge in [-0.05, 0) is 63.2 Å². The Morgan fingerprint density at radius 2 is 1.64 bits per heavy atom. The lowest BCUT2D eigenvalue weighted by Gasteiger charge is -2.35. The molecule has 1 aromatic heterocycles. The van der Waals surface area contributed by atoms with Crippen LogP contribution in [0.3, 0.4) is 0 Å². The van der Waals surface area contributed by atoms with E-state index in [1.807, 2.05) is 35.2 Å². The van der Waals surface area contributed by atoms with Crippen molar-refractivity contribution in [3.8, 4) is 0 Å². The Labute approximate surface area is 263 Å². The van der Waals surface area contributed by atoms with Crippen LogP contribution in [0.5, 0.6) is 0 Å². The van der Waals surface area contributed by atoms with Crippen LogP contribution in [-0.4, -0.2) is 79.6 Å². The molecule has 1 aliphatic heterocycles. The molecule has 3 aromatic rings. The molecule has 0 saturated carbocycles. The Hall–Kier alpha value is -4.05. The number of nitrogens with zero attached hydrogens (tertiary/aromatic N) is 4. The largest absolute Gasteiger partial charge is 0.444 e. The Morgan fingerprint density at radius 1 is 0.956 bits per heavy atom. The first-order valence-electron chi connectivity index (χ1n) is 13.9. The van der Waals surface area contributed by atoms with Crippen molar-refractivity contribution in [1.82, 2.24) is 19.8 Å². The molecule has 11 nitrogen and oxygen atoms in total. The number of carbonyl (C=O) groups excluding carboxylic acids is 2. The molecule has 2 N–H and O–H groups in total. The average molecular weight is 667 g/mol. The fourth-order valence-electron chi connectivity index (χ4n) is 4.24. The predicted octanol–water partition coefficient (Wildman–Crippen LogP) is 4.88. The highest BCUT2D eigenvalue weighted by Gasteiger charge is 2.35. The molecule has 2 aromatic carbocycles. The van der Waals surface area contributed by atoms with E-state index in [-0.39, 0.29) is 17.9 Å². The molecule has 2 amide bonds. The number of rotatable bonds is 9. The summed E-state index contributed by atoms with van der Waals surface area (Å²) < 4.78 is 74.5. The molecule has 45 heavy (non-hydrogen) atoms. The number of nitrogens with one attached hydrogen (secondary N) is 2. The third kappa shape index (κ3) is 9.47. The fraction of sp³-hybridized carbons (Fsp3) is 0.379. The number of anilines is 2. The molecule has 2 heterocycles. The number of thioether (sulfide) groups is 1. The van der Waals surface area contributed by atoms with E-state index in [0.29, 0.717) is 43.8 Å². The number of sulfonamides is 1. The van der Waals surface area contributed by atoms with Crippen LogP contribution in [-0.2, 0) is 20.9 Å². The summed E-state index contributed by atoms with van der Waals surface area (Å²) in [6.45, 7) is 7.12. The molecule has 0 bridgehead atoms. The fourth-order valence-corrected chi connectivity index (χ4v) is 6.02. The molecule has 4 rings (SSSR count). The van der Waals surface area contributed by atoms with Crippen molar-refractivity contribution in [2.45, 2.75) is 42.3 Å². The molecule has 16 heteroatoms. The van der Waals surface area contributed by atoms with Crippen LogP contribution in [0, 0.1) is 0 Å². The van der Waals surface area contributed by atoms with Crippen LogP contribution in [0.1, 0.15) is 36.8 Å². The van der Waals surface area contributed by atoms with E-state index < -0.39 is 44.3 Å². The number of alkyl halides is 3. The topological polar surface area (TPSA) is 134 Å². The Balaban J connectivity index is 1.36.